The molecule has 3 aromatic heterocycles. The molecule has 0 aliphatic heterocycles. The van der Waals surface area contributed by atoms with Gasteiger partial charge in [0.1, 0.15) is 17.8 Å². The maximum absolute atomic E-state index is 13.4. The van der Waals surface area contributed by atoms with E-state index in [-0.39, 0.29) is 11.5 Å². The van der Waals surface area contributed by atoms with Crippen LogP contribution in [0.1, 0.15) is 40.6 Å². The zero-order valence-electron chi connectivity index (χ0n) is 16.0. The normalized spacial score (nSPS) is 13.4. The first-order valence-electron chi connectivity index (χ1n) is 9.49. The number of amides is 1. The quantitative estimate of drug-likeness (QED) is 0.542. The van der Waals surface area contributed by atoms with E-state index in [0.29, 0.717) is 40.3 Å². The van der Waals surface area contributed by atoms with Crippen LogP contribution < -0.4 is 5.32 Å². The minimum absolute atomic E-state index is 0.192. The number of aryl methyl sites for hydroxylation is 1. The molecule has 3 heterocycles. The smallest absolute Gasteiger partial charge is 0.275 e. The van der Waals surface area contributed by atoms with E-state index in [1.165, 1.54) is 18.5 Å². The van der Waals surface area contributed by atoms with Crippen molar-refractivity contribution in [1.29, 1.82) is 0 Å². The van der Waals surface area contributed by atoms with Gasteiger partial charge in [-0.15, -0.1) is 0 Å². The number of rotatable bonds is 5. The molecule has 0 spiro atoms. The summed E-state index contributed by atoms with van der Waals surface area (Å²) in [7, 11) is 0. The lowest BCUT2D eigenvalue weighted by atomic mass is 10.2. The monoisotopic (exact) mass is 404 g/mol. The van der Waals surface area contributed by atoms with Gasteiger partial charge in [-0.2, -0.15) is 4.98 Å². The lowest BCUT2D eigenvalue weighted by molar-refractivity contribution is 0.102. The Morgan fingerprint density at radius 1 is 1.27 bits per heavy atom. The van der Waals surface area contributed by atoms with E-state index in [4.69, 9.17) is 4.52 Å². The van der Waals surface area contributed by atoms with Crippen LogP contribution in [-0.2, 0) is 0 Å². The lowest BCUT2D eigenvalue weighted by Crippen LogP contribution is -2.12. The molecular formula is C21H17FN6O2. The fourth-order valence-electron chi connectivity index (χ4n) is 3.09. The number of hydrogen-bond acceptors (Lipinski definition) is 6. The highest BCUT2D eigenvalue weighted by Gasteiger charge is 2.29. The molecule has 0 bridgehead atoms. The number of aromatic nitrogens is 5. The molecule has 150 valence electrons. The molecule has 1 aliphatic rings. The van der Waals surface area contributed by atoms with E-state index in [0.717, 1.165) is 12.8 Å². The second-order valence-electron chi connectivity index (χ2n) is 7.19. The highest BCUT2D eigenvalue weighted by molar-refractivity contribution is 6.02. The van der Waals surface area contributed by atoms with Gasteiger partial charge in [-0.1, -0.05) is 5.16 Å². The zero-order chi connectivity index (χ0) is 20.7. The molecule has 30 heavy (non-hydrogen) atoms. The molecule has 0 radical (unpaired) electrons. The Morgan fingerprint density at radius 3 is 2.93 bits per heavy atom. The minimum Gasteiger partial charge on any atom is -0.334 e. The summed E-state index contributed by atoms with van der Waals surface area (Å²) in [5, 5.41) is 6.77. The van der Waals surface area contributed by atoms with Gasteiger partial charge in [-0.05, 0) is 55.7 Å². The molecule has 1 amide bonds. The Balaban J connectivity index is 1.41. The first-order valence-corrected chi connectivity index (χ1v) is 9.49. The Bertz CT molecular complexity index is 1240. The van der Waals surface area contributed by atoms with Crippen LogP contribution in [0, 0.1) is 12.7 Å². The van der Waals surface area contributed by atoms with Crippen molar-refractivity contribution in [2.45, 2.75) is 25.7 Å². The van der Waals surface area contributed by atoms with Crippen molar-refractivity contribution in [2.75, 3.05) is 5.32 Å². The molecule has 1 fully saturated rings. The molecule has 1 aromatic carbocycles. The number of benzene rings is 1. The van der Waals surface area contributed by atoms with Crippen LogP contribution in [0.4, 0.5) is 10.1 Å². The molecule has 8 nitrogen and oxygen atoms in total. The van der Waals surface area contributed by atoms with E-state index in [2.05, 4.69) is 25.4 Å². The van der Waals surface area contributed by atoms with E-state index >= 15 is 0 Å². The Kier molecular flexibility index (Phi) is 4.35. The van der Waals surface area contributed by atoms with E-state index in [9.17, 15) is 9.18 Å². The maximum Gasteiger partial charge on any atom is 0.275 e. The second kappa shape index (κ2) is 7.18. The number of halogens is 1. The number of imidazole rings is 1. The Morgan fingerprint density at radius 2 is 2.13 bits per heavy atom. The van der Waals surface area contributed by atoms with E-state index < -0.39 is 5.91 Å². The number of carbonyl (C=O) groups is 1. The molecule has 1 N–H and O–H groups in total. The summed E-state index contributed by atoms with van der Waals surface area (Å²) < 4.78 is 20.5. The van der Waals surface area contributed by atoms with Gasteiger partial charge < -0.3 is 9.84 Å². The second-order valence-corrected chi connectivity index (χ2v) is 7.19. The fraction of sp³-hybridized carbons (Fsp3) is 0.190. The molecule has 4 aromatic rings. The van der Waals surface area contributed by atoms with Crippen molar-refractivity contribution < 1.29 is 13.7 Å². The van der Waals surface area contributed by atoms with E-state index in [1.807, 2.05) is 6.07 Å². The van der Waals surface area contributed by atoms with Crippen molar-refractivity contribution in [3.05, 3.63) is 72.0 Å². The summed E-state index contributed by atoms with van der Waals surface area (Å²) in [6, 6.07) is 7.98. The van der Waals surface area contributed by atoms with E-state index in [1.54, 1.807) is 36.0 Å². The van der Waals surface area contributed by atoms with Crippen molar-refractivity contribution in [3.63, 3.8) is 0 Å². The number of hydrogen-bond donors (Lipinski definition) is 1. The SMILES string of the molecule is Cc1cc(NC(=O)c2cn(-c3ncccc3-c3nc(C4CC4)no3)cn2)ccc1F. The van der Waals surface area contributed by atoms with Crippen molar-refractivity contribution in [3.8, 4) is 17.3 Å². The molecule has 0 saturated heterocycles. The summed E-state index contributed by atoms with van der Waals surface area (Å²) in [6.45, 7) is 1.63. The number of carbonyl (C=O) groups excluding carboxylic acids is 1. The predicted molar refractivity (Wildman–Crippen MR) is 106 cm³/mol. The van der Waals surface area contributed by atoms with Crippen LogP contribution in [0.3, 0.4) is 0 Å². The number of anilines is 1. The van der Waals surface area contributed by atoms with Gasteiger partial charge in [0.15, 0.2) is 11.6 Å². The van der Waals surface area contributed by atoms with Crippen LogP contribution in [0.5, 0.6) is 0 Å². The highest BCUT2D eigenvalue weighted by atomic mass is 19.1. The van der Waals surface area contributed by atoms with Crippen molar-refractivity contribution in [1.82, 2.24) is 24.7 Å². The van der Waals surface area contributed by atoms with Crippen LogP contribution in [0.2, 0.25) is 0 Å². The van der Waals surface area contributed by atoms with Crippen LogP contribution in [-0.4, -0.2) is 30.6 Å². The third-order valence-electron chi connectivity index (χ3n) is 4.88. The standard InChI is InChI=1S/C21H17FN6O2/c1-12-9-14(6-7-16(12)22)25-20(29)17-10-28(11-24-17)19-15(3-2-8-23-19)21-26-18(27-30-21)13-4-5-13/h2-3,6-11,13H,4-5H2,1H3,(H,25,29). The highest BCUT2D eigenvalue weighted by Crippen LogP contribution is 2.39. The summed E-state index contributed by atoms with van der Waals surface area (Å²) in [6.07, 6.45) is 6.85. The molecule has 0 atom stereocenters. The maximum atomic E-state index is 13.4. The molecule has 5 rings (SSSR count). The topological polar surface area (TPSA) is 98.7 Å². The predicted octanol–water partition coefficient (Wildman–Crippen LogP) is 3.89. The third-order valence-corrected chi connectivity index (χ3v) is 4.88. The minimum atomic E-state index is -0.411. The summed E-state index contributed by atoms with van der Waals surface area (Å²) in [4.78, 5) is 25.6. The third kappa shape index (κ3) is 3.45. The molecule has 9 heteroatoms. The largest absolute Gasteiger partial charge is 0.334 e. The van der Waals surface area contributed by atoms with Crippen molar-refractivity contribution >= 4 is 11.6 Å². The zero-order valence-corrected chi connectivity index (χ0v) is 16.0. The number of nitrogens with one attached hydrogen (secondary N) is 1. The summed E-state index contributed by atoms with van der Waals surface area (Å²) in [5.74, 6) is 1.24. The van der Waals surface area contributed by atoms with Crippen LogP contribution >= 0.6 is 0 Å². The lowest BCUT2D eigenvalue weighted by Gasteiger charge is -2.06. The number of pyridine rings is 1. The molecular weight excluding hydrogens is 387 g/mol. The number of nitrogens with zero attached hydrogens (tertiary/aromatic N) is 5. The molecule has 1 saturated carbocycles. The van der Waals surface area contributed by atoms with Gasteiger partial charge >= 0.3 is 0 Å². The van der Waals surface area contributed by atoms with Gasteiger partial charge in [0.25, 0.3) is 11.8 Å². The average molecular weight is 404 g/mol. The van der Waals surface area contributed by atoms with Crippen LogP contribution in [0.25, 0.3) is 17.3 Å². The average Bonchev–Trinajstić information content (AvgIpc) is 3.27. The van der Waals surface area contributed by atoms with Gasteiger partial charge in [-0.3, -0.25) is 9.36 Å². The van der Waals surface area contributed by atoms with Gasteiger partial charge in [0.05, 0.1) is 5.56 Å². The van der Waals surface area contributed by atoms with Crippen molar-refractivity contribution in [2.24, 2.45) is 0 Å². The Hall–Kier alpha value is -3.88. The molecule has 1 aliphatic carbocycles. The van der Waals surface area contributed by atoms with Gasteiger partial charge in [0, 0.05) is 24.0 Å². The fourth-order valence-corrected chi connectivity index (χ4v) is 3.09. The van der Waals surface area contributed by atoms with Crippen LogP contribution in [0.15, 0.2) is 53.6 Å². The van der Waals surface area contributed by atoms with Gasteiger partial charge in [0.2, 0.25) is 0 Å². The first kappa shape index (κ1) is 18.2. The summed E-state index contributed by atoms with van der Waals surface area (Å²) >= 11 is 0. The summed E-state index contributed by atoms with van der Waals surface area (Å²) in [5.41, 5.74) is 1.78. The Labute approximate surface area is 170 Å². The molecule has 0 unspecified atom stereocenters. The first-order chi connectivity index (χ1) is 14.6. The van der Waals surface area contributed by atoms with Gasteiger partial charge in [-0.25, -0.2) is 14.4 Å².